The Labute approximate surface area is 88.0 Å². The first-order valence-electron chi connectivity index (χ1n) is 4.86. The topological polar surface area (TPSA) is 34.9 Å². The molecule has 2 aromatic rings. The van der Waals surface area contributed by atoms with E-state index in [0.717, 1.165) is 5.56 Å². The van der Waals surface area contributed by atoms with Crippen LogP contribution in [0.2, 0.25) is 0 Å². The van der Waals surface area contributed by atoms with Gasteiger partial charge >= 0.3 is 0 Å². The molecule has 0 amide bonds. The second-order valence-electron chi connectivity index (χ2n) is 3.41. The summed E-state index contributed by atoms with van der Waals surface area (Å²) in [6.07, 6.45) is 3.08. The van der Waals surface area contributed by atoms with Crippen LogP contribution < -0.4 is 5.56 Å². The Bertz CT molecular complexity index is 490. The molecule has 3 heteroatoms. The molecule has 0 radical (unpaired) electrons. The van der Waals surface area contributed by atoms with E-state index in [0.29, 0.717) is 0 Å². The van der Waals surface area contributed by atoms with Crippen LogP contribution in [0, 0.1) is 0 Å². The van der Waals surface area contributed by atoms with Crippen molar-refractivity contribution in [1.82, 2.24) is 9.55 Å². The average Bonchev–Trinajstić information content (AvgIpc) is 2.30. The molecule has 0 N–H and O–H groups in total. The smallest absolute Gasteiger partial charge is 0.253 e. The van der Waals surface area contributed by atoms with Gasteiger partial charge in [-0.2, -0.15) is 0 Å². The van der Waals surface area contributed by atoms with Gasteiger partial charge < -0.3 is 0 Å². The van der Waals surface area contributed by atoms with Crippen molar-refractivity contribution in [3.05, 3.63) is 64.8 Å². The van der Waals surface area contributed by atoms with Crippen molar-refractivity contribution < 1.29 is 0 Å². The fourth-order valence-electron chi connectivity index (χ4n) is 1.54. The number of hydrogen-bond acceptors (Lipinski definition) is 2. The lowest BCUT2D eigenvalue weighted by molar-refractivity contribution is 0.602. The highest BCUT2D eigenvalue weighted by atomic mass is 16.1. The molecule has 0 aliphatic heterocycles. The minimum atomic E-state index is -0.0265. The third-order valence-electron chi connectivity index (χ3n) is 2.45. The highest BCUT2D eigenvalue weighted by Gasteiger charge is 2.07. The Morgan fingerprint density at radius 1 is 1.20 bits per heavy atom. The molecule has 0 spiro atoms. The van der Waals surface area contributed by atoms with Crippen molar-refractivity contribution in [2.75, 3.05) is 0 Å². The maximum atomic E-state index is 11.6. The van der Waals surface area contributed by atoms with Gasteiger partial charge in [-0.1, -0.05) is 30.3 Å². The van der Waals surface area contributed by atoms with E-state index >= 15 is 0 Å². The summed E-state index contributed by atoms with van der Waals surface area (Å²) in [5, 5.41) is 0. The summed E-state index contributed by atoms with van der Waals surface area (Å²) in [4.78, 5) is 15.5. The molecule has 1 aromatic carbocycles. The molecule has 76 valence electrons. The predicted molar refractivity (Wildman–Crippen MR) is 58.8 cm³/mol. The van der Waals surface area contributed by atoms with Crippen LogP contribution in [0.25, 0.3) is 0 Å². The van der Waals surface area contributed by atoms with Crippen LogP contribution in [0.4, 0.5) is 0 Å². The summed E-state index contributed by atoms with van der Waals surface area (Å²) >= 11 is 0. The van der Waals surface area contributed by atoms with Crippen molar-refractivity contribution in [2.24, 2.45) is 0 Å². The van der Waals surface area contributed by atoms with Crippen molar-refractivity contribution in [1.29, 1.82) is 0 Å². The Morgan fingerprint density at radius 2 is 1.93 bits per heavy atom. The van der Waals surface area contributed by atoms with E-state index in [2.05, 4.69) is 4.98 Å². The molecule has 15 heavy (non-hydrogen) atoms. The van der Waals surface area contributed by atoms with E-state index in [1.54, 1.807) is 10.9 Å². The molecule has 0 aliphatic carbocycles. The average molecular weight is 200 g/mol. The second-order valence-corrected chi connectivity index (χ2v) is 3.41. The summed E-state index contributed by atoms with van der Waals surface area (Å²) in [5.41, 5.74) is 1.08. The summed E-state index contributed by atoms with van der Waals surface area (Å²) in [6.45, 7) is 1.98. The zero-order chi connectivity index (χ0) is 10.7. The normalized spacial score (nSPS) is 12.3. The Morgan fingerprint density at radius 3 is 2.60 bits per heavy atom. The largest absolute Gasteiger partial charge is 0.292 e. The maximum Gasteiger partial charge on any atom is 0.253 e. The lowest BCUT2D eigenvalue weighted by Gasteiger charge is -2.14. The highest BCUT2D eigenvalue weighted by Crippen LogP contribution is 2.14. The number of aromatic nitrogens is 2. The van der Waals surface area contributed by atoms with Crippen LogP contribution in [0.15, 0.2) is 53.7 Å². The van der Waals surface area contributed by atoms with Crippen molar-refractivity contribution >= 4 is 0 Å². The van der Waals surface area contributed by atoms with Crippen LogP contribution in [0.1, 0.15) is 18.5 Å². The molecule has 0 fully saturated rings. The highest BCUT2D eigenvalue weighted by molar-refractivity contribution is 5.19. The Balaban J connectivity index is 2.42. The van der Waals surface area contributed by atoms with Gasteiger partial charge in [0.05, 0.1) is 12.4 Å². The summed E-state index contributed by atoms with van der Waals surface area (Å²) in [5.74, 6) is 0. The summed E-state index contributed by atoms with van der Waals surface area (Å²) in [7, 11) is 0. The fourth-order valence-corrected chi connectivity index (χ4v) is 1.54. The van der Waals surface area contributed by atoms with Crippen LogP contribution in [-0.2, 0) is 0 Å². The van der Waals surface area contributed by atoms with Gasteiger partial charge in [-0.05, 0) is 12.5 Å². The van der Waals surface area contributed by atoms with Crippen LogP contribution in [0.3, 0.4) is 0 Å². The lowest BCUT2D eigenvalue weighted by atomic mass is 10.1. The summed E-state index contributed by atoms with van der Waals surface area (Å²) < 4.78 is 1.62. The van der Waals surface area contributed by atoms with Crippen LogP contribution in [-0.4, -0.2) is 9.55 Å². The molecule has 1 atom stereocenters. The van der Waals surface area contributed by atoms with Crippen molar-refractivity contribution in [2.45, 2.75) is 13.0 Å². The third kappa shape index (κ3) is 1.96. The first-order chi connectivity index (χ1) is 7.29. The monoisotopic (exact) mass is 200 g/mol. The van der Waals surface area contributed by atoms with Crippen molar-refractivity contribution in [3.8, 4) is 0 Å². The number of benzene rings is 1. The quantitative estimate of drug-likeness (QED) is 0.741. The van der Waals surface area contributed by atoms with Crippen LogP contribution >= 0.6 is 0 Å². The molecule has 1 aromatic heterocycles. The van der Waals surface area contributed by atoms with E-state index in [-0.39, 0.29) is 11.6 Å². The molecule has 0 saturated carbocycles. The van der Waals surface area contributed by atoms with Gasteiger partial charge in [0.15, 0.2) is 0 Å². The zero-order valence-corrected chi connectivity index (χ0v) is 8.50. The molecule has 0 aliphatic rings. The first-order valence-corrected chi connectivity index (χ1v) is 4.86. The van der Waals surface area contributed by atoms with E-state index in [1.807, 2.05) is 37.3 Å². The zero-order valence-electron chi connectivity index (χ0n) is 8.50. The van der Waals surface area contributed by atoms with E-state index in [1.165, 1.54) is 12.3 Å². The number of hydrogen-bond donors (Lipinski definition) is 0. The van der Waals surface area contributed by atoms with Gasteiger partial charge in [0.1, 0.15) is 0 Å². The molecular formula is C12H12N2O. The molecule has 2 rings (SSSR count). The van der Waals surface area contributed by atoms with E-state index in [4.69, 9.17) is 0 Å². The van der Waals surface area contributed by atoms with Crippen LogP contribution in [0.5, 0.6) is 0 Å². The second kappa shape index (κ2) is 4.09. The molecule has 1 heterocycles. The molecule has 0 saturated heterocycles. The minimum Gasteiger partial charge on any atom is -0.292 e. The van der Waals surface area contributed by atoms with E-state index < -0.39 is 0 Å². The Kier molecular flexibility index (Phi) is 2.63. The van der Waals surface area contributed by atoms with Gasteiger partial charge in [0.25, 0.3) is 5.56 Å². The van der Waals surface area contributed by atoms with Gasteiger partial charge in [-0.15, -0.1) is 0 Å². The van der Waals surface area contributed by atoms with Gasteiger partial charge in [-0.25, -0.2) is 4.98 Å². The van der Waals surface area contributed by atoms with Crippen molar-refractivity contribution in [3.63, 3.8) is 0 Å². The molecular weight excluding hydrogens is 188 g/mol. The lowest BCUT2D eigenvalue weighted by Crippen LogP contribution is -2.22. The van der Waals surface area contributed by atoms with Gasteiger partial charge in [0, 0.05) is 12.3 Å². The first kappa shape index (κ1) is 9.65. The van der Waals surface area contributed by atoms with Gasteiger partial charge in [0.2, 0.25) is 0 Å². The fraction of sp³-hybridized carbons (Fsp3) is 0.167. The summed E-state index contributed by atoms with van der Waals surface area (Å²) in [6, 6.07) is 11.4. The van der Waals surface area contributed by atoms with Gasteiger partial charge in [-0.3, -0.25) is 9.36 Å². The molecule has 3 nitrogen and oxygen atoms in total. The molecule has 0 bridgehead atoms. The van der Waals surface area contributed by atoms with E-state index in [9.17, 15) is 4.79 Å². The molecule has 1 unspecified atom stereocenters. The number of rotatable bonds is 2. The number of nitrogens with zero attached hydrogens (tertiary/aromatic N) is 2. The maximum absolute atomic E-state index is 11.6. The SMILES string of the molecule is CC(c1ccccc1)n1cnccc1=O. The third-order valence-corrected chi connectivity index (χ3v) is 2.45. The standard InChI is InChI=1S/C12H12N2O/c1-10(11-5-3-2-4-6-11)14-9-13-8-7-12(14)15/h2-10H,1H3. The minimum absolute atomic E-state index is 0.0207. The Hall–Kier alpha value is -1.90. The predicted octanol–water partition coefficient (Wildman–Crippen LogP) is 1.85.